The Morgan fingerprint density at radius 2 is 1.69 bits per heavy atom. The van der Waals surface area contributed by atoms with E-state index in [2.05, 4.69) is 5.32 Å². The normalized spacial score (nSPS) is 14.3. The molecule has 0 aromatic heterocycles. The number of amides is 1. The van der Waals surface area contributed by atoms with Crippen molar-refractivity contribution in [3.63, 3.8) is 0 Å². The maximum absolute atomic E-state index is 13.0. The van der Waals surface area contributed by atoms with Crippen LogP contribution in [0.2, 0.25) is 5.02 Å². The summed E-state index contributed by atoms with van der Waals surface area (Å²) in [6, 6.07) is 18.8. The topological polar surface area (TPSA) is 75.7 Å². The number of nitrogens with zero attached hydrogens (tertiary/aromatic N) is 1. The number of anilines is 1. The van der Waals surface area contributed by atoms with Crippen molar-refractivity contribution in [3.05, 3.63) is 82.9 Å². The molecule has 3 aromatic rings. The molecule has 0 aliphatic carbocycles. The lowest BCUT2D eigenvalue weighted by Gasteiger charge is -2.17. The number of aryl methyl sites for hydroxylation is 1. The highest BCUT2D eigenvalue weighted by atomic mass is 35.5. The summed E-state index contributed by atoms with van der Waals surface area (Å²) in [5.74, 6) is 0.573. The summed E-state index contributed by atoms with van der Waals surface area (Å²) in [6.07, 6.45) is 1.66. The quantitative estimate of drug-likeness (QED) is 0.517. The van der Waals surface area contributed by atoms with Crippen LogP contribution in [-0.4, -0.2) is 31.7 Å². The van der Waals surface area contributed by atoms with Crippen LogP contribution in [0.3, 0.4) is 0 Å². The maximum Gasteiger partial charge on any atom is 0.257 e. The van der Waals surface area contributed by atoms with Gasteiger partial charge in [-0.1, -0.05) is 41.4 Å². The minimum Gasteiger partial charge on any atom is -0.455 e. The molecule has 1 aliphatic rings. The summed E-state index contributed by atoms with van der Waals surface area (Å²) in [7, 11) is -3.67. The minimum absolute atomic E-state index is 0.0538. The molecule has 0 saturated carbocycles. The van der Waals surface area contributed by atoms with E-state index in [4.69, 9.17) is 16.3 Å². The molecule has 1 N–H and O–H groups in total. The van der Waals surface area contributed by atoms with Crippen molar-refractivity contribution in [1.29, 1.82) is 0 Å². The summed E-state index contributed by atoms with van der Waals surface area (Å²) in [4.78, 5) is 13.1. The van der Waals surface area contributed by atoms with Crippen LogP contribution >= 0.6 is 11.6 Å². The summed E-state index contributed by atoms with van der Waals surface area (Å²) in [5, 5.41) is 2.96. The minimum atomic E-state index is -3.67. The lowest BCUT2D eigenvalue weighted by atomic mass is 10.2. The molecule has 32 heavy (non-hydrogen) atoms. The van der Waals surface area contributed by atoms with Crippen molar-refractivity contribution >= 4 is 33.2 Å². The van der Waals surface area contributed by atoms with Crippen molar-refractivity contribution in [1.82, 2.24) is 4.31 Å². The number of nitrogens with one attached hydrogen (secondary N) is 1. The Kier molecular flexibility index (Phi) is 6.50. The average Bonchev–Trinajstić information content (AvgIpc) is 3.33. The summed E-state index contributed by atoms with van der Waals surface area (Å²) in [5.41, 5.74) is 1.64. The first-order chi connectivity index (χ1) is 15.3. The Bertz CT molecular complexity index is 1240. The number of para-hydroxylation sites is 2. The van der Waals surface area contributed by atoms with Crippen molar-refractivity contribution in [2.45, 2.75) is 24.7 Å². The average molecular weight is 471 g/mol. The lowest BCUT2D eigenvalue weighted by molar-refractivity contribution is 0.102. The molecule has 0 radical (unpaired) electrons. The van der Waals surface area contributed by atoms with Crippen molar-refractivity contribution in [2.24, 2.45) is 0 Å². The third-order valence-electron chi connectivity index (χ3n) is 5.27. The van der Waals surface area contributed by atoms with Gasteiger partial charge in [-0.25, -0.2) is 8.42 Å². The molecular formula is C24H23ClN2O4S. The van der Waals surface area contributed by atoms with Gasteiger partial charge in [-0.3, -0.25) is 4.79 Å². The Labute approximate surface area is 192 Å². The predicted octanol–water partition coefficient (Wildman–Crippen LogP) is 5.48. The highest BCUT2D eigenvalue weighted by molar-refractivity contribution is 7.89. The molecule has 1 aliphatic heterocycles. The van der Waals surface area contributed by atoms with Crippen molar-refractivity contribution < 1.29 is 17.9 Å². The van der Waals surface area contributed by atoms with E-state index in [1.165, 1.54) is 22.5 Å². The lowest BCUT2D eigenvalue weighted by Crippen LogP contribution is -2.28. The van der Waals surface area contributed by atoms with Crippen LogP contribution in [0.1, 0.15) is 28.8 Å². The van der Waals surface area contributed by atoms with E-state index < -0.39 is 15.9 Å². The van der Waals surface area contributed by atoms with Crippen LogP contribution in [0.5, 0.6) is 11.5 Å². The number of sulfonamides is 1. The van der Waals surface area contributed by atoms with Gasteiger partial charge in [0.15, 0.2) is 5.75 Å². The SMILES string of the molecule is Cc1ccc(Oc2ccccc2NC(=O)c2cc(S(=O)(=O)N3CCCC3)ccc2Cl)cc1. The third kappa shape index (κ3) is 4.80. The molecule has 0 atom stereocenters. The molecule has 3 aromatic carbocycles. The van der Waals surface area contributed by atoms with E-state index in [1.807, 2.05) is 31.2 Å². The van der Waals surface area contributed by atoms with Crippen molar-refractivity contribution in [3.8, 4) is 11.5 Å². The Morgan fingerprint density at radius 1 is 1.00 bits per heavy atom. The molecule has 0 spiro atoms. The van der Waals surface area contributed by atoms with Crippen LogP contribution in [0.4, 0.5) is 5.69 Å². The number of hydrogen-bond donors (Lipinski definition) is 1. The standard InChI is InChI=1S/C24H23ClN2O4S/c1-17-8-10-18(11-9-17)31-23-7-3-2-6-22(23)26-24(28)20-16-19(12-13-21(20)25)32(29,30)27-14-4-5-15-27/h2-3,6-13,16H,4-5,14-15H2,1H3,(H,26,28). The first-order valence-electron chi connectivity index (χ1n) is 10.3. The van der Waals surface area contributed by atoms with E-state index in [1.54, 1.807) is 24.3 Å². The maximum atomic E-state index is 13.0. The highest BCUT2D eigenvalue weighted by Gasteiger charge is 2.28. The predicted molar refractivity (Wildman–Crippen MR) is 125 cm³/mol. The van der Waals surface area contributed by atoms with E-state index in [0.29, 0.717) is 30.3 Å². The summed E-state index contributed by atoms with van der Waals surface area (Å²) < 4.78 is 33.1. The van der Waals surface area contributed by atoms with E-state index >= 15 is 0 Å². The van der Waals surface area contributed by atoms with Gasteiger partial charge in [-0.15, -0.1) is 0 Å². The second-order valence-corrected chi connectivity index (χ2v) is 9.96. The van der Waals surface area contributed by atoms with Crippen LogP contribution < -0.4 is 10.1 Å². The number of rotatable bonds is 6. The Balaban J connectivity index is 1.59. The van der Waals surface area contributed by atoms with Crippen LogP contribution in [0, 0.1) is 6.92 Å². The molecule has 1 fully saturated rings. The second-order valence-electron chi connectivity index (χ2n) is 7.62. The molecule has 0 bridgehead atoms. The molecule has 0 unspecified atom stereocenters. The summed E-state index contributed by atoms with van der Waals surface area (Å²) >= 11 is 6.25. The zero-order valence-corrected chi connectivity index (χ0v) is 19.1. The first kappa shape index (κ1) is 22.3. The van der Waals surface area contributed by atoms with E-state index in [9.17, 15) is 13.2 Å². The highest BCUT2D eigenvalue weighted by Crippen LogP contribution is 2.31. The van der Waals surface area contributed by atoms with Crippen LogP contribution in [-0.2, 0) is 10.0 Å². The number of carbonyl (C=O) groups excluding carboxylic acids is 1. The molecule has 166 valence electrons. The number of halogens is 1. The molecule has 1 saturated heterocycles. The zero-order valence-electron chi connectivity index (χ0n) is 17.5. The monoisotopic (exact) mass is 470 g/mol. The Morgan fingerprint density at radius 3 is 2.41 bits per heavy atom. The molecular weight excluding hydrogens is 448 g/mol. The number of ether oxygens (including phenoxy) is 1. The van der Waals surface area contributed by atoms with Crippen LogP contribution in [0.25, 0.3) is 0 Å². The number of benzene rings is 3. The van der Waals surface area contributed by atoms with Gasteiger partial charge in [0, 0.05) is 13.1 Å². The van der Waals surface area contributed by atoms with Crippen LogP contribution in [0.15, 0.2) is 71.6 Å². The van der Waals surface area contributed by atoms with Gasteiger partial charge < -0.3 is 10.1 Å². The van der Waals surface area contributed by atoms with E-state index in [0.717, 1.165) is 18.4 Å². The summed E-state index contributed by atoms with van der Waals surface area (Å²) in [6.45, 7) is 2.95. The Hall–Kier alpha value is -2.87. The van der Waals surface area contributed by atoms with Crippen molar-refractivity contribution in [2.75, 3.05) is 18.4 Å². The number of hydrogen-bond acceptors (Lipinski definition) is 4. The zero-order chi connectivity index (χ0) is 22.7. The first-order valence-corrected chi connectivity index (χ1v) is 12.1. The van der Waals surface area contributed by atoms with Gasteiger partial charge in [-0.2, -0.15) is 4.31 Å². The smallest absolute Gasteiger partial charge is 0.257 e. The second kappa shape index (κ2) is 9.32. The fourth-order valence-electron chi connectivity index (χ4n) is 3.50. The number of carbonyl (C=O) groups is 1. The molecule has 4 rings (SSSR count). The largest absolute Gasteiger partial charge is 0.455 e. The van der Waals surface area contributed by atoms with Gasteiger partial charge in [0.2, 0.25) is 10.0 Å². The van der Waals surface area contributed by atoms with Gasteiger partial charge in [0.1, 0.15) is 5.75 Å². The molecule has 6 nitrogen and oxygen atoms in total. The molecule has 8 heteroatoms. The van der Waals surface area contributed by atoms with E-state index in [-0.39, 0.29) is 15.5 Å². The molecule has 1 amide bonds. The molecule has 1 heterocycles. The fraction of sp³-hybridized carbons (Fsp3) is 0.208. The van der Waals surface area contributed by atoms with Gasteiger partial charge in [-0.05, 0) is 62.2 Å². The van der Waals surface area contributed by atoms with Gasteiger partial charge in [0.05, 0.1) is 21.2 Å². The fourth-order valence-corrected chi connectivity index (χ4v) is 5.25. The van der Waals surface area contributed by atoms with Gasteiger partial charge >= 0.3 is 0 Å². The third-order valence-corrected chi connectivity index (χ3v) is 7.49. The van der Waals surface area contributed by atoms with Gasteiger partial charge in [0.25, 0.3) is 5.91 Å².